The van der Waals surface area contributed by atoms with E-state index in [0.29, 0.717) is 32.1 Å². The molecule has 0 unspecified atom stereocenters. The van der Waals surface area contributed by atoms with Crippen molar-refractivity contribution in [2.75, 3.05) is 31.1 Å². The van der Waals surface area contributed by atoms with Gasteiger partial charge in [0.15, 0.2) is 5.82 Å². The van der Waals surface area contributed by atoms with Gasteiger partial charge >= 0.3 is 0 Å². The van der Waals surface area contributed by atoms with E-state index in [2.05, 4.69) is 26.1 Å². The lowest BCUT2D eigenvalue weighted by atomic mass is 10.0. The average molecular weight is 421 g/mol. The number of carbonyl (C=O) groups excluding carboxylic acids is 2. The van der Waals surface area contributed by atoms with Crippen LogP contribution in [0.2, 0.25) is 0 Å². The Labute approximate surface area is 159 Å². The number of hydrogen-bond acceptors (Lipinski definition) is 4. The SMILES string of the molecule is CC1(C)CN(C(=O)[C@@H]2CC(=O)N(c3n[nH]c4cc(Br)ccc34)C2)CCO1. The number of hydrogen-bond donors (Lipinski definition) is 1. The number of ether oxygens (including phenoxy) is 1. The molecule has 1 aromatic heterocycles. The largest absolute Gasteiger partial charge is 0.372 e. The van der Waals surface area contributed by atoms with Crippen LogP contribution in [0, 0.1) is 5.92 Å². The summed E-state index contributed by atoms with van der Waals surface area (Å²) in [5, 5.41) is 8.15. The molecular formula is C18H21BrN4O3. The van der Waals surface area contributed by atoms with Crippen LogP contribution in [0.15, 0.2) is 22.7 Å². The normalized spacial score (nSPS) is 23.0. The number of halogens is 1. The van der Waals surface area contributed by atoms with Gasteiger partial charge in [0, 0.05) is 35.9 Å². The maximum Gasteiger partial charge on any atom is 0.229 e. The first kappa shape index (κ1) is 17.5. The molecule has 0 aliphatic carbocycles. The highest BCUT2D eigenvalue weighted by molar-refractivity contribution is 9.10. The molecule has 8 heteroatoms. The van der Waals surface area contributed by atoms with Gasteiger partial charge in [0.05, 0.1) is 23.6 Å². The van der Waals surface area contributed by atoms with Gasteiger partial charge in [-0.05, 0) is 32.0 Å². The molecule has 2 amide bonds. The summed E-state index contributed by atoms with van der Waals surface area (Å²) < 4.78 is 6.62. The van der Waals surface area contributed by atoms with Gasteiger partial charge in [0.2, 0.25) is 11.8 Å². The molecular weight excluding hydrogens is 400 g/mol. The molecule has 0 bridgehead atoms. The van der Waals surface area contributed by atoms with E-state index in [1.165, 1.54) is 0 Å². The lowest BCUT2D eigenvalue weighted by molar-refractivity contribution is -0.149. The van der Waals surface area contributed by atoms with E-state index in [9.17, 15) is 9.59 Å². The van der Waals surface area contributed by atoms with Crippen LogP contribution in [0.1, 0.15) is 20.3 Å². The molecule has 1 atom stereocenters. The molecule has 3 heterocycles. The van der Waals surface area contributed by atoms with Crippen molar-refractivity contribution in [3.05, 3.63) is 22.7 Å². The minimum absolute atomic E-state index is 0.0276. The van der Waals surface area contributed by atoms with Crippen LogP contribution in [0.5, 0.6) is 0 Å². The molecule has 4 rings (SSSR count). The van der Waals surface area contributed by atoms with Crippen LogP contribution >= 0.6 is 15.9 Å². The topological polar surface area (TPSA) is 78.5 Å². The maximum atomic E-state index is 12.9. The average Bonchev–Trinajstić information content (AvgIpc) is 3.16. The Morgan fingerprint density at radius 2 is 2.23 bits per heavy atom. The molecule has 1 aromatic carbocycles. The predicted molar refractivity (Wildman–Crippen MR) is 101 cm³/mol. The fourth-order valence-corrected chi connectivity index (χ4v) is 4.08. The van der Waals surface area contributed by atoms with E-state index in [0.717, 1.165) is 15.4 Å². The number of H-pyrrole nitrogens is 1. The minimum Gasteiger partial charge on any atom is -0.372 e. The fraction of sp³-hybridized carbons (Fsp3) is 0.500. The standard InChI is InChI=1S/C18H21BrN4O3/c1-18(2)10-22(5-6-26-18)17(25)11-7-15(24)23(9-11)16-13-4-3-12(19)8-14(13)20-21-16/h3-4,8,11H,5-7,9-10H2,1-2H3,(H,20,21)/t11-/m1/s1. The highest BCUT2D eigenvalue weighted by Gasteiger charge is 2.40. The highest BCUT2D eigenvalue weighted by Crippen LogP contribution is 2.32. The molecule has 0 saturated carbocycles. The van der Waals surface area contributed by atoms with Gasteiger partial charge in [-0.25, -0.2) is 0 Å². The zero-order chi connectivity index (χ0) is 18.5. The highest BCUT2D eigenvalue weighted by atomic mass is 79.9. The van der Waals surface area contributed by atoms with E-state index in [-0.39, 0.29) is 29.8 Å². The molecule has 138 valence electrons. The number of aromatic nitrogens is 2. The zero-order valence-electron chi connectivity index (χ0n) is 14.8. The van der Waals surface area contributed by atoms with Gasteiger partial charge in [-0.1, -0.05) is 15.9 Å². The number of morpholine rings is 1. The summed E-state index contributed by atoms with van der Waals surface area (Å²) in [6, 6.07) is 5.76. The van der Waals surface area contributed by atoms with E-state index < -0.39 is 0 Å². The van der Waals surface area contributed by atoms with Crippen molar-refractivity contribution in [2.24, 2.45) is 5.92 Å². The van der Waals surface area contributed by atoms with Crippen molar-refractivity contribution < 1.29 is 14.3 Å². The molecule has 26 heavy (non-hydrogen) atoms. The Kier molecular flexibility index (Phi) is 4.27. The van der Waals surface area contributed by atoms with Crippen molar-refractivity contribution in [1.29, 1.82) is 0 Å². The zero-order valence-corrected chi connectivity index (χ0v) is 16.4. The van der Waals surface area contributed by atoms with Gasteiger partial charge in [-0.2, -0.15) is 5.10 Å². The third-order valence-corrected chi connectivity index (χ3v) is 5.47. The second-order valence-corrected chi connectivity index (χ2v) is 8.43. The summed E-state index contributed by atoms with van der Waals surface area (Å²) in [6.45, 7) is 5.98. The molecule has 1 N–H and O–H groups in total. The smallest absolute Gasteiger partial charge is 0.229 e. The molecule has 7 nitrogen and oxygen atoms in total. The van der Waals surface area contributed by atoms with E-state index in [1.54, 1.807) is 4.90 Å². The monoisotopic (exact) mass is 420 g/mol. The molecule has 0 radical (unpaired) electrons. The quantitative estimate of drug-likeness (QED) is 0.808. The van der Waals surface area contributed by atoms with Crippen LogP contribution in [0.4, 0.5) is 5.82 Å². The summed E-state index contributed by atoms with van der Waals surface area (Å²) >= 11 is 3.43. The van der Waals surface area contributed by atoms with Gasteiger partial charge in [-0.15, -0.1) is 0 Å². The molecule has 2 saturated heterocycles. The number of nitrogens with one attached hydrogen (secondary N) is 1. The number of nitrogens with zero attached hydrogens (tertiary/aromatic N) is 3. The lowest BCUT2D eigenvalue weighted by Gasteiger charge is -2.39. The number of fused-ring (bicyclic) bond motifs is 1. The molecule has 0 spiro atoms. The summed E-state index contributed by atoms with van der Waals surface area (Å²) in [6.07, 6.45) is 0.224. The second kappa shape index (κ2) is 6.35. The Morgan fingerprint density at radius 3 is 3.00 bits per heavy atom. The minimum atomic E-state index is -0.345. The van der Waals surface area contributed by atoms with Crippen molar-refractivity contribution in [3.63, 3.8) is 0 Å². The van der Waals surface area contributed by atoms with Crippen LogP contribution < -0.4 is 4.90 Å². The summed E-state index contributed by atoms with van der Waals surface area (Å²) in [5.74, 6) is 0.223. The first-order valence-corrected chi connectivity index (χ1v) is 9.50. The van der Waals surface area contributed by atoms with Crippen molar-refractivity contribution >= 4 is 44.5 Å². The third kappa shape index (κ3) is 3.12. The number of rotatable bonds is 2. The van der Waals surface area contributed by atoms with Gasteiger partial charge < -0.3 is 9.64 Å². The number of amides is 2. The fourth-order valence-electron chi connectivity index (χ4n) is 3.72. The Bertz CT molecular complexity index is 878. The Morgan fingerprint density at radius 1 is 1.42 bits per heavy atom. The maximum absolute atomic E-state index is 12.9. The first-order valence-electron chi connectivity index (χ1n) is 8.71. The Hall–Kier alpha value is -1.93. The summed E-state index contributed by atoms with van der Waals surface area (Å²) in [7, 11) is 0. The molecule has 2 aliphatic heterocycles. The summed E-state index contributed by atoms with van der Waals surface area (Å²) in [4.78, 5) is 28.9. The molecule has 2 fully saturated rings. The number of carbonyl (C=O) groups is 2. The van der Waals surface area contributed by atoms with Crippen LogP contribution in [-0.4, -0.2) is 58.8 Å². The van der Waals surface area contributed by atoms with Gasteiger partial charge in [-0.3, -0.25) is 19.6 Å². The van der Waals surface area contributed by atoms with Crippen LogP contribution in [-0.2, 0) is 14.3 Å². The van der Waals surface area contributed by atoms with Crippen molar-refractivity contribution in [3.8, 4) is 0 Å². The summed E-state index contributed by atoms with van der Waals surface area (Å²) in [5.41, 5.74) is 0.508. The van der Waals surface area contributed by atoms with E-state index in [1.807, 2.05) is 36.9 Å². The van der Waals surface area contributed by atoms with E-state index >= 15 is 0 Å². The van der Waals surface area contributed by atoms with Crippen molar-refractivity contribution in [1.82, 2.24) is 15.1 Å². The van der Waals surface area contributed by atoms with Crippen LogP contribution in [0.25, 0.3) is 10.9 Å². The Balaban J connectivity index is 1.54. The predicted octanol–water partition coefficient (Wildman–Crippen LogP) is 2.32. The molecule has 2 aliphatic rings. The number of benzene rings is 1. The third-order valence-electron chi connectivity index (χ3n) is 4.97. The second-order valence-electron chi connectivity index (χ2n) is 7.51. The first-order chi connectivity index (χ1) is 12.3. The number of anilines is 1. The lowest BCUT2D eigenvalue weighted by Crippen LogP contribution is -2.52. The van der Waals surface area contributed by atoms with Gasteiger partial charge in [0.25, 0.3) is 0 Å². The van der Waals surface area contributed by atoms with E-state index in [4.69, 9.17) is 4.74 Å². The van der Waals surface area contributed by atoms with Crippen molar-refractivity contribution in [2.45, 2.75) is 25.9 Å². The number of aromatic amines is 1. The molecule has 2 aromatic rings. The van der Waals surface area contributed by atoms with Crippen LogP contribution in [0.3, 0.4) is 0 Å². The van der Waals surface area contributed by atoms with Gasteiger partial charge in [0.1, 0.15) is 0 Å².